The molecule has 2 aliphatic rings. The number of piperazine rings is 1. The van der Waals surface area contributed by atoms with Crippen LogP contribution in [0.2, 0.25) is 0 Å². The number of likely N-dealkylation sites (N-methyl/N-ethyl adjacent to an activating group) is 1. The number of hydrogen-bond donors (Lipinski definition) is 1. The quantitative estimate of drug-likeness (QED) is 0.745. The van der Waals surface area contributed by atoms with Gasteiger partial charge in [-0.05, 0) is 25.1 Å². The number of fused-ring (bicyclic) bond motifs is 1. The van der Waals surface area contributed by atoms with Crippen molar-refractivity contribution >= 4 is 17.4 Å². The van der Waals surface area contributed by atoms with Gasteiger partial charge in [-0.1, -0.05) is 49.4 Å². The Kier molecular flexibility index (Phi) is 5.73. The molecule has 30 heavy (non-hydrogen) atoms. The third kappa shape index (κ3) is 3.78. The van der Waals surface area contributed by atoms with Crippen molar-refractivity contribution in [2.75, 3.05) is 44.8 Å². The summed E-state index contributed by atoms with van der Waals surface area (Å²) < 4.78 is 0. The van der Waals surface area contributed by atoms with Crippen molar-refractivity contribution in [1.82, 2.24) is 9.80 Å². The Hall–Kier alpha value is -2.54. The number of benzene rings is 2. The Labute approximate surface area is 177 Å². The standard InChI is InChI=1S/C24H29N3O3/c1-3-18-8-10-19(11-9-18)22(28)16-24(30)20-6-4-5-7-21(20)27(23(24)29)17-26-14-12-25(2)13-15-26/h4-11,30H,3,12-17H2,1-2H3. The molecule has 0 saturated carbocycles. The van der Waals surface area contributed by atoms with Crippen LogP contribution in [-0.4, -0.2) is 66.5 Å². The largest absolute Gasteiger partial charge is 0.375 e. The molecule has 1 saturated heterocycles. The molecular weight excluding hydrogens is 378 g/mol. The van der Waals surface area contributed by atoms with E-state index in [1.807, 2.05) is 24.3 Å². The summed E-state index contributed by atoms with van der Waals surface area (Å²) >= 11 is 0. The number of Topliss-reactive ketones (excluding diaryl/α,β-unsaturated/α-hetero) is 1. The zero-order valence-electron chi connectivity index (χ0n) is 17.7. The molecule has 2 aliphatic heterocycles. The third-order valence-electron chi connectivity index (χ3n) is 6.28. The first-order valence-corrected chi connectivity index (χ1v) is 10.6. The van der Waals surface area contributed by atoms with Gasteiger partial charge in [0, 0.05) is 37.3 Å². The molecule has 1 N–H and O–H groups in total. The van der Waals surface area contributed by atoms with Crippen LogP contribution in [0, 0.1) is 0 Å². The van der Waals surface area contributed by atoms with E-state index in [-0.39, 0.29) is 12.2 Å². The van der Waals surface area contributed by atoms with Gasteiger partial charge < -0.3 is 10.0 Å². The molecule has 1 unspecified atom stereocenters. The zero-order valence-corrected chi connectivity index (χ0v) is 17.7. The van der Waals surface area contributed by atoms with Gasteiger partial charge in [-0.25, -0.2) is 0 Å². The van der Waals surface area contributed by atoms with Crippen LogP contribution in [0.1, 0.15) is 34.8 Å². The molecule has 0 spiro atoms. The molecule has 4 rings (SSSR count). The molecule has 2 heterocycles. The van der Waals surface area contributed by atoms with E-state index in [0.717, 1.165) is 38.2 Å². The monoisotopic (exact) mass is 407 g/mol. The number of aliphatic hydroxyl groups is 1. The Morgan fingerprint density at radius 3 is 2.37 bits per heavy atom. The molecule has 2 aromatic rings. The number of rotatable bonds is 6. The van der Waals surface area contributed by atoms with Gasteiger partial charge in [0.05, 0.1) is 18.8 Å². The van der Waals surface area contributed by atoms with Gasteiger partial charge in [0.15, 0.2) is 11.4 Å². The number of carbonyl (C=O) groups is 2. The van der Waals surface area contributed by atoms with Crippen molar-refractivity contribution in [3.63, 3.8) is 0 Å². The molecule has 0 aromatic heterocycles. The fourth-order valence-corrected chi connectivity index (χ4v) is 4.27. The fourth-order valence-electron chi connectivity index (χ4n) is 4.27. The molecule has 6 nitrogen and oxygen atoms in total. The van der Waals surface area contributed by atoms with E-state index in [1.54, 1.807) is 29.2 Å². The van der Waals surface area contributed by atoms with Crippen molar-refractivity contribution in [2.24, 2.45) is 0 Å². The molecule has 1 fully saturated rings. The van der Waals surface area contributed by atoms with Gasteiger partial charge >= 0.3 is 0 Å². The number of aryl methyl sites for hydroxylation is 1. The topological polar surface area (TPSA) is 64.1 Å². The summed E-state index contributed by atoms with van der Waals surface area (Å²) in [6.07, 6.45) is 0.638. The maximum atomic E-state index is 13.4. The van der Waals surface area contributed by atoms with E-state index in [0.29, 0.717) is 23.5 Å². The summed E-state index contributed by atoms with van der Waals surface area (Å²) in [6, 6.07) is 14.7. The van der Waals surface area contributed by atoms with Crippen LogP contribution in [0.3, 0.4) is 0 Å². The van der Waals surface area contributed by atoms with Crippen molar-refractivity contribution in [3.8, 4) is 0 Å². The number of hydrogen-bond acceptors (Lipinski definition) is 5. The highest BCUT2D eigenvalue weighted by Crippen LogP contribution is 2.42. The lowest BCUT2D eigenvalue weighted by Gasteiger charge is -2.35. The highest BCUT2D eigenvalue weighted by atomic mass is 16.3. The lowest BCUT2D eigenvalue weighted by atomic mass is 9.88. The molecule has 158 valence electrons. The third-order valence-corrected chi connectivity index (χ3v) is 6.28. The van der Waals surface area contributed by atoms with Gasteiger partial charge in [-0.3, -0.25) is 19.4 Å². The minimum Gasteiger partial charge on any atom is -0.375 e. The smallest absolute Gasteiger partial charge is 0.265 e. The Balaban J connectivity index is 1.57. The molecule has 2 aromatic carbocycles. The van der Waals surface area contributed by atoms with Gasteiger partial charge in [0.1, 0.15) is 0 Å². The molecule has 6 heteroatoms. The number of amides is 1. The van der Waals surface area contributed by atoms with E-state index in [1.165, 1.54) is 0 Å². The van der Waals surface area contributed by atoms with Crippen LogP contribution in [0.4, 0.5) is 5.69 Å². The first-order chi connectivity index (χ1) is 14.4. The number of para-hydroxylation sites is 1. The minimum atomic E-state index is -1.83. The Bertz CT molecular complexity index is 935. The summed E-state index contributed by atoms with van der Waals surface area (Å²) in [7, 11) is 2.09. The van der Waals surface area contributed by atoms with Gasteiger partial charge in [0.25, 0.3) is 5.91 Å². The zero-order chi connectivity index (χ0) is 21.3. The number of nitrogens with zero attached hydrogens (tertiary/aromatic N) is 3. The van der Waals surface area contributed by atoms with Crippen LogP contribution in [0.15, 0.2) is 48.5 Å². The second-order valence-corrected chi connectivity index (χ2v) is 8.32. The molecule has 0 radical (unpaired) electrons. The molecule has 0 bridgehead atoms. The summed E-state index contributed by atoms with van der Waals surface area (Å²) in [4.78, 5) is 32.4. The first kappa shape index (κ1) is 20.7. The number of anilines is 1. The predicted molar refractivity (Wildman–Crippen MR) is 117 cm³/mol. The SMILES string of the molecule is CCc1ccc(C(=O)CC2(O)C(=O)N(CN3CCN(C)CC3)c3ccccc32)cc1. The molecule has 1 amide bonds. The number of ketones is 1. The van der Waals surface area contributed by atoms with Crippen LogP contribution in [0.5, 0.6) is 0 Å². The maximum absolute atomic E-state index is 13.4. The van der Waals surface area contributed by atoms with Gasteiger partial charge in [0.2, 0.25) is 0 Å². The average Bonchev–Trinajstić information content (AvgIpc) is 2.97. The predicted octanol–water partition coefficient (Wildman–Crippen LogP) is 2.26. The van der Waals surface area contributed by atoms with Gasteiger partial charge in [-0.2, -0.15) is 0 Å². The van der Waals surface area contributed by atoms with E-state index in [4.69, 9.17) is 0 Å². The minimum absolute atomic E-state index is 0.232. The Morgan fingerprint density at radius 1 is 1.03 bits per heavy atom. The van der Waals surface area contributed by atoms with Crippen LogP contribution in [-0.2, 0) is 16.8 Å². The van der Waals surface area contributed by atoms with E-state index in [9.17, 15) is 14.7 Å². The van der Waals surface area contributed by atoms with E-state index >= 15 is 0 Å². The molecule has 1 atom stereocenters. The molecule has 0 aliphatic carbocycles. The van der Waals surface area contributed by atoms with Crippen LogP contribution >= 0.6 is 0 Å². The highest BCUT2D eigenvalue weighted by molar-refractivity contribution is 6.10. The van der Waals surface area contributed by atoms with Crippen molar-refractivity contribution in [1.29, 1.82) is 0 Å². The average molecular weight is 408 g/mol. The van der Waals surface area contributed by atoms with E-state index in [2.05, 4.69) is 23.8 Å². The summed E-state index contributed by atoms with van der Waals surface area (Å²) in [6.45, 7) is 6.10. The Morgan fingerprint density at radius 2 is 1.70 bits per heavy atom. The highest BCUT2D eigenvalue weighted by Gasteiger charge is 2.51. The summed E-state index contributed by atoms with van der Waals surface area (Å²) in [5.74, 6) is -0.647. The van der Waals surface area contributed by atoms with E-state index < -0.39 is 11.5 Å². The summed E-state index contributed by atoms with van der Waals surface area (Å²) in [5.41, 5.74) is 1.04. The lowest BCUT2D eigenvalue weighted by Crippen LogP contribution is -2.51. The fraction of sp³-hybridized carbons (Fsp3) is 0.417. The van der Waals surface area contributed by atoms with Gasteiger partial charge in [-0.15, -0.1) is 0 Å². The second-order valence-electron chi connectivity index (χ2n) is 8.32. The van der Waals surface area contributed by atoms with Crippen LogP contribution < -0.4 is 4.90 Å². The molecular formula is C24H29N3O3. The summed E-state index contributed by atoms with van der Waals surface area (Å²) in [5, 5.41) is 11.4. The first-order valence-electron chi connectivity index (χ1n) is 10.6. The van der Waals surface area contributed by atoms with Crippen molar-refractivity contribution in [3.05, 3.63) is 65.2 Å². The van der Waals surface area contributed by atoms with Crippen molar-refractivity contribution < 1.29 is 14.7 Å². The number of carbonyl (C=O) groups excluding carboxylic acids is 2. The lowest BCUT2D eigenvalue weighted by molar-refractivity contribution is -0.136. The van der Waals surface area contributed by atoms with Crippen molar-refractivity contribution in [2.45, 2.75) is 25.4 Å². The second kappa shape index (κ2) is 8.30. The van der Waals surface area contributed by atoms with Crippen LogP contribution in [0.25, 0.3) is 0 Å². The maximum Gasteiger partial charge on any atom is 0.265 e. The normalized spacial score (nSPS) is 22.4.